The van der Waals surface area contributed by atoms with Crippen molar-refractivity contribution in [1.29, 1.82) is 0 Å². The summed E-state index contributed by atoms with van der Waals surface area (Å²) in [6, 6.07) is 0. The predicted molar refractivity (Wildman–Crippen MR) is 55.1 cm³/mol. The molecule has 0 aromatic rings. The Bertz CT molecular complexity index is 233. The van der Waals surface area contributed by atoms with Crippen molar-refractivity contribution in [3.63, 3.8) is 0 Å². The van der Waals surface area contributed by atoms with Crippen molar-refractivity contribution in [2.24, 2.45) is 5.41 Å². The summed E-state index contributed by atoms with van der Waals surface area (Å²) in [5.74, 6) is 0. The van der Waals surface area contributed by atoms with E-state index in [4.69, 9.17) is 0 Å². The van der Waals surface area contributed by atoms with Crippen molar-refractivity contribution in [2.75, 3.05) is 0 Å². The number of allylic oxidation sites excluding steroid dienone is 4. The summed E-state index contributed by atoms with van der Waals surface area (Å²) in [6.07, 6.45) is 4.89. The lowest BCUT2D eigenvalue weighted by molar-refractivity contribution is 0.478. The van der Waals surface area contributed by atoms with E-state index < -0.39 is 0 Å². The van der Waals surface area contributed by atoms with Gasteiger partial charge in [0.2, 0.25) is 0 Å². The molecule has 1 aliphatic rings. The maximum Gasteiger partial charge on any atom is -0.0170 e. The Morgan fingerprint density at radius 1 is 1.08 bits per heavy atom. The zero-order chi connectivity index (χ0) is 9.35. The van der Waals surface area contributed by atoms with Crippen LogP contribution in [0.3, 0.4) is 0 Å². The highest BCUT2D eigenvalue weighted by Crippen LogP contribution is 2.34. The first-order chi connectivity index (χ1) is 5.41. The first-order valence-electron chi connectivity index (χ1n) is 4.78. The predicted octanol–water partition coefficient (Wildman–Crippen LogP) is 4.09. The van der Waals surface area contributed by atoms with Crippen LogP contribution in [0.25, 0.3) is 0 Å². The summed E-state index contributed by atoms with van der Waals surface area (Å²) in [4.78, 5) is 0. The Morgan fingerprint density at radius 3 is 2.08 bits per heavy atom. The van der Waals surface area contributed by atoms with E-state index in [1.165, 1.54) is 18.4 Å². The minimum absolute atomic E-state index is 0.363. The molecule has 0 fully saturated rings. The van der Waals surface area contributed by atoms with E-state index in [2.05, 4.69) is 40.7 Å². The van der Waals surface area contributed by atoms with Gasteiger partial charge in [-0.2, -0.15) is 0 Å². The second-order valence-electron chi connectivity index (χ2n) is 4.88. The van der Waals surface area contributed by atoms with Gasteiger partial charge >= 0.3 is 0 Å². The van der Waals surface area contributed by atoms with Crippen LogP contribution in [0.2, 0.25) is 0 Å². The molecule has 12 heavy (non-hydrogen) atoms. The molecule has 0 heteroatoms. The highest BCUT2D eigenvalue weighted by Gasteiger charge is 2.19. The van der Waals surface area contributed by atoms with Gasteiger partial charge in [-0.05, 0) is 32.1 Å². The van der Waals surface area contributed by atoms with Crippen molar-refractivity contribution in [3.05, 3.63) is 22.8 Å². The lowest BCUT2D eigenvalue weighted by Crippen LogP contribution is -2.12. The van der Waals surface area contributed by atoms with Gasteiger partial charge in [0.25, 0.3) is 0 Å². The zero-order valence-electron chi connectivity index (χ0n) is 8.99. The average molecular weight is 164 g/mol. The Balaban J connectivity index is 2.91. The molecule has 0 unspecified atom stereocenters. The normalized spacial score (nSPS) is 19.6. The minimum atomic E-state index is 0.363. The number of hydrogen-bond donors (Lipinski definition) is 0. The van der Waals surface area contributed by atoms with Gasteiger partial charge < -0.3 is 0 Å². The fraction of sp³-hybridized carbons (Fsp3) is 0.667. The lowest BCUT2D eigenvalue weighted by Gasteiger charge is -2.27. The molecule has 0 saturated carbocycles. The van der Waals surface area contributed by atoms with Gasteiger partial charge in [0.05, 0.1) is 0 Å². The van der Waals surface area contributed by atoms with Crippen molar-refractivity contribution in [2.45, 2.75) is 47.5 Å². The fourth-order valence-corrected chi connectivity index (χ4v) is 1.57. The van der Waals surface area contributed by atoms with Gasteiger partial charge in [0.15, 0.2) is 0 Å². The van der Waals surface area contributed by atoms with Gasteiger partial charge in [-0.3, -0.25) is 0 Å². The van der Waals surface area contributed by atoms with Crippen molar-refractivity contribution >= 4 is 0 Å². The summed E-state index contributed by atoms with van der Waals surface area (Å²) in [5.41, 5.74) is 5.00. The molecule has 0 aromatic heterocycles. The van der Waals surface area contributed by atoms with E-state index in [1.54, 1.807) is 11.1 Å². The Kier molecular flexibility index (Phi) is 2.46. The first kappa shape index (κ1) is 9.57. The van der Waals surface area contributed by atoms with Crippen LogP contribution in [0.4, 0.5) is 0 Å². The van der Waals surface area contributed by atoms with Crippen LogP contribution >= 0.6 is 0 Å². The summed E-state index contributed by atoms with van der Waals surface area (Å²) in [7, 11) is 0. The highest BCUT2D eigenvalue weighted by molar-refractivity contribution is 5.33. The average Bonchev–Trinajstić information content (AvgIpc) is 1.92. The molecule has 1 rings (SSSR count). The second kappa shape index (κ2) is 3.08. The molecule has 1 aliphatic carbocycles. The van der Waals surface area contributed by atoms with Crippen LogP contribution in [0.15, 0.2) is 22.8 Å². The van der Waals surface area contributed by atoms with Crippen LogP contribution in [-0.4, -0.2) is 0 Å². The molecule has 0 spiro atoms. The third-order valence-electron chi connectivity index (χ3n) is 2.80. The standard InChI is InChI=1S/C12H20/c1-9-6-7-11(8-10(9)2)12(3,4)5/h8H,6-7H2,1-5H3. The molecule has 68 valence electrons. The molecular weight excluding hydrogens is 144 g/mol. The van der Waals surface area contributed by atoms with Crippen LogP contribution in [0.5, 0.6) is 0 Å². The van der Waals surface area contributed by atoms with Crippen LogP contribution < -0.4 is 0 Å². The molecular formula is C12H20. The van der Waals surface area contributed by atoms with E-state index in [0.717, 1.165) is 0 Å². The van der Waals surface area contributed by atoms with Crippen molar-refractivity contribution < 1.29 is 0 Å². The van der Waals surface area contributed by atoms with E-state index in [1.807, 2.05) is 0 Å². The number of hydrogen-bond acceptors (Lipinski definition) is 0. The van der Waals surface area contributed by atoms with Crippen LogP contribution in [-0.2, 0) is 0 Å². The third-order valence-corrected chi connectivity index (χ3v) is 2.80. The molecule has 0 bridgehead atoms. The van der Waals surface area contributed by atoms with Gasteiger partial charge in [-0.25, -0.2) is 0 Å². The fourth-order valence-electron chi connectivity index (χ4n) is 1.57. The van der Waals surface area contributed by atoms with E-state index >= 15 is 0 Å². The van der Waals surface area contributed by atoms with Crippen LogP contribution in [0, 0.1) is 5.41 Å². The zero-order valence-corrected chi connectivity index (χ0v) is 8.99. The molecule has 0 atom stereocenters. The Labute approximate surface area is 76.4 Å². The van der Waals surface area contributed by atoms with E-state index in [0.29, 0.717) is 5.41 Å². The smallest absolute Gasteiger partial charge is 0.0170 e. The summed E-state index contributed by atoms with van der Waals surface area (Å²) in [5, 5.41) is 0. The van der Waals surface area contributed by atoms with E-state index in [-0.39, 0.29) is 0 Å². The summed E-state index contributed by atoms with van der Waals surface area (Å²) < 4.78 is 0. The monoisotopic (exact) mass is 164 g/mol. The van der Waals surface area contributed by atoms with Crippen LogP contribution in [0.1, 0.15) is 47.5 Å². The van der Waals surface area contributed by atoms with Gasteiger partial charge in [0.1, 0.15) is 0 Å². The molecule has 0 heterocycles. The first-order valence-corrected chi connectivity index (χ1v) is 4.78. The van der Waals surface area contributed by atoms with Gasteiger partial charge in [0, 0.05) is 0 Å². The molecule has 0 nitrogen and oxygen atoms in total. The quantitative estimate of drug-likeness (QED) is 0.506. The number of rotatable bonds is 0. The molecule has 0 aromatic carbocycles. The lowest BCUT2D eigenvalue weighted by atomic mass is 9.79. The van der Waals surface area contributed by atoms with Gasteiger partial charge in [-0.15, -0.1) is 0 Å². The molecule has 0 radical (unpaired) electrons. The maximum absolute atomic E-state index is 2.37. The molecule has 0 amide bonds. The molecule has 0 aliphatic heterocycles. The largest absolute Gasteiger partial charge is 0.0701 e. The van der Waals surface area contributed by atoms with E-state index in [9.17, 15) is 0 Å². The Morgan fingerprint density at radius 2 is 1.67 bits per heavy atom. The molecule has 0 N–H and O–H groups in total. The molecule has 0 saturated heterocycles. The second-order valence-corrected chi connectivity index (χ2v) is 4.88. The third kappa shape index (κ3) is 2.00. The maximum atomic E-state index is 2.37. The summed E-state index contributed by atoms with van der Waals surface area (Å²) >= 11 is 0. The minimum Gasteiger partial charge on any atom is -0.0701 e. The Hall–Kier alpha value is -0.520. The summed E-state index contributed by atoms with van der Waals surface area (Å²) in [6.45, 7) is 11.4. The SMILES string of the molecule is CC1=C(C)CCC(C(C)(C)C)=C1. The highest BCUT2D eigenvalue weighted by atomic mass is 14.2. The van der Waals surface area contributed by atoms with Gasteiger partial charge in [-0.1, -0.05) is 43.6 Å². The van der Waals surface area contributed by atoms with Crippen molar-refractivity contribution in [1.82, 2.24) is 0 Å². The van der Waals surface area contributed by atoms with Crippen molar-refractivity contribution in [3.8, 4) is 0 Å². The topological polar surface area (TPSA) is 0 Å².